The Kier molecular flexibility index (Phi) is 7.40. The van der Waals surface area contributed by atoms with Gasteiger partial charge < -0.3 is 14.8 Å². The Labute approximate surface area is 175 Å². The number of carbonyl (C=O) groups excluding carboxylic acids is 1. The van der Waals surface area contributed by atoms with Gasteiger partial charge in [-0.05, 0) is 36.1 Å². The highest BCUT2D eigenvalue weighted by molar-refractivity contribution is 7.98. The molecule has 2 aromatic rings. The summed E-state index contributed by atoms with van der Waals surface area (Å²) in [6, 6.07) is 13.0. The van der Waals surface area contributed by atoms with E-state index < -0.39 is 16.1 Å². The number of amides is 1. The normalized spacial score (nSPS) is 14.2. The largest absolute Gasteiger partial charge is 0.486 e. The van der Waals surface area contributed by atoms with Gasteiger partial charge in [-0.25, -0.2) is 8.42 Å². The monoisotopic (exact) mass is 436 g/mol. The predicted octanol–water partition coefficient (Wildman–Crippen LogP) is 2.17. The molecule has 0 spiro atoms. The van der Waals surface area contributed by atoms with Crippen molar-refractivity contribution in [1.29, 1.82) is 0 Å². The van der Waals surface area contributed by atoms with E-state index in [0.29, 0.717) is 43.4 Å². The van der Waals surface area contributed by atoms with Crippen molar-refractivity contribution in [2.75, 3.05) is 25.2 Å². The highest BCUT2D eigenvalue weighted by atomic mass is 32.2. The average molecular weight is 437 g/mol. The van der Waals surface area contributed by atoms with E-state index in [0.717, 1.165) is 5.56 Å². The Balaban J connectivity index is 1.71. The van der Waals surface area contributed by atoms with Gasteiger partial charge in [0, 0.05) is 12.6 Å². The molecule has 0 fully saturated rings. The summed E-state index contributed by atoms with van der Waals surface area (Å²) in [7, 11) is -3.91. The van der Waals surface area contributed by atoms with Gasteiger partial charge in [0.25, 0.3) is 0 Å². The lowest BCUT2D eigenvalue weighted by Crippen LogP contribution is -2.46. The van der Waals surface area contributed by atoms with E-state index in [-0.39, 0.29) is 10.8 Å². The number of fused-ring (bicyclic) bond motifs is 1. The molecule has 0 saturated carbocycles. The molecule has 156 valence electrons. The van der Waals surface area contributed by atoms with Gasteiger partial charge in [0.2, 0.25) is 15.9 Å². The van der Waals surface area contributed by atoms with Crippen molar-refractivity contribution in [3.8, 4) is 11.5 Å². The number of thioether (sulfide) groups is 1. The van der Waals surface area contributed by atoms with Crippen LogP contribution in [0.3, 0.4) is 0 Å². The molecule has 29 heavy (non-hydrogen) atoms. The zero-order valence-electron chi connectivity index (χ0n) is 16.1. The summed E-state index contributed by atoms with van der Waals surface area (Å²) in [4.78, 5) is 12.7. The fraction of sp³-hybridized carbons (Fsp3) is 0.350. The molecule has 0 saturated heterocycles. The second-order valence-electron chi connectivity index (χ2n) is 6.46. The molecule has 1 unspecified atom stereocenters. The van der Waals surface area contributed by atoms with Gasteiger partial charge in [-0.2, -0.15) is 16.5 Å². The molecule has 1 aliphatic heterocycles. The van der Waals surface area contributed by atoms with Crippen molar-refractivity contribution in [3.05, 3.63) is 54.1 Å². The minimum absolute atomic E-state index is 0.0340. The van der Waals surface area contributed by atoms with Gasteiger partial charge in [0.1, 0.15) is 19.3 Å². The Bertz CT molecular complexity index is 935. The summed E-state index contributed by atoms with van der Waals surface area (Å²) < 4.78 is 39.2. The Hall–Kier alpha value is -2.23. The van der Waals surface area contributed by atoms with Crippen LogP contribution in [0.2, 0.25) is 0 Å². The second-order valence-corrected chi connectivity index (χ2v) is 9.16. The van der Waals surface area contributed by atoms with E-state index in [9.17, 15) is 13.2 Å². The van der Waals surface area contributed by atoms with Crippen LogP contribution in [0.25, 0.3) is 0 Å². The Morgan fingerprint density at radius 2 is 1.83 bits per heavy atom. The molecule has 9 heteroatoms. The molecule has 2 N–H and O–H groups in total. The Morgan fingerprint density at radius 1 is 1.10 bits per heavy atom. The van der Waals surface area contributed by atoms with Crippen LogP contribution in [0.5, 0.6) is 11.5 Å². The minimum atomic E-state index is -3.91. The van der Waals surface area contributed by atoms with E-state index in [1.807, 2.05) is 36.6 Å². The minimum Gasteiger partial charge on any atom is -0.486 e. The van der Waals surface area contributed by atoms with Crippen LogP contribution in [0.4, 0.5) is 0 Å². The van der Waals surface area contributed by atoms with Crippen LogP contribution >= 0.6 is 11.8 Å². The first-order valence-electron chi connectivity index (χ1n) is 9.22. The quantitative estimate of drug-likeness (QED) is 0.626. The van der Waals surface area contributed by atoms with Crippen LogP contribution in [-0.2, 0) is 21.4 Å². The van der Waals surface area contributed by atoms with Gasteiger partial charge >= 0.3 is 0 Å². The summed E-state index contributed by atoms with van der Waals surface area (Å²) in [5.41, 5.74) is 0.944. The first-order valence-corrected chi connectivity index (χ1v) is 12.1. The molecule has 1 amide bonds. The third-order valence-corrected chi connectivity index (χ3v) is 6.47. The van der Waals surface area contributed by atoms with Gasteiger partial charge in [-0.15, -0.1) is 0 Å². The van der Waals surface area contributed by atoms with E-state index in [2.05, 4.69) is 10.0 Å². The van der Waals surface area contributed by atoms with Crippen molar-refractivity contribution in [2.24, 2.45) is 0 Å². The molecule has 1 atom stereocenters. The molecule has 0 bridgehead atoms. The zero-order valence-corrected chi connectivity index (χ0v) is 17.7. The highest BCUT2D eigenvalue weighted by Gasteiger charge is 2.26. The summed E-state index contributed by atoms with van der Waals surface area (Å²) in [6.07, 6.45) is 2.29. The molecule has 0 aromatic heterocycles. The zero-order chi connectivity index (χ0) is 20.7. The second kappa shape index (κ2) is 10.00. The lowest BCUT2D eigenvalue weighted by Gasteiger charge is -2.21. The number of benzene rings is 2. The van der Waals surface area contributed by atoms with Crippen LogP contribution in [0.15, 0.2) is 53.4 Å². The molecule has 0 radical (unpaired) electrons. The van der Waals surface area contributed by atoms with Crippen LogP contribution in [0, 0.1) is 0 Å². The van der Waals surface area contributed by atoms with Crippen molar-refractivity contribution in [1.82, 2.24) is 10.0 Å². The molecular weight excluding hydrogens is 412 g/mol. The number of rotatable bonds is 9. The maximum Gasteiger partial charge on any atom is 0.241 e. The van der Waals surface area contributed by atoms with E-state index in [1.165, 1.54) is 12.1 Å². The lowest BCUT2D eigenvalue weighted by molar-refractivity contribution is -0.122. The van der Waals surface area contributed by atoms with E-state index >= 15 is 0 Å². The molecular formula is C20H24N2O5S2. The number of hydrogen-bond acceptors (Lipinski definition) is 6. The number of carbonyl (C=O) groups is 1. The fourth-order valence-electron chi connectivity index (χ4n) is 2.83. The summed E-state index contributed by atoms with van der Waals surface area (Å²) in [5.74, 6) is 1.18. The van der Waals surface area contributed by atoms with Gasteiger partial charge in [-0.3, -0.25) is 4.79 Å². The average Bonchev–Trinajstić information content (AvgIpc) is 2.75. The van der Waals surface area contributed by atoms with Crippen molar-refractivity contribution in [3.63, 3.8) is 0 Å². The number of nitrogens with one attached hydrogen (secondary N) is 2. The van der Waals surface area contributed by atoms with Crippen molar-refractivity contribution in [2.45, 2.75) is 23.9 Å². The summed E-state index contributed by atoms with van der Waals surface area (Å²) >= 11 is 1.55. The van der Waals surface area contributed by atoms with Gasteiger partial charge in [0.15, 0.2) is 11.5 Å². The SMILES string of the molecule is CSCCC(NS(=O)(=O)c1ccc2c(c1)OCCO2)C(=O)NCc1ccccc1. The molecule has 1 aliphatic rings. The van der Waals surface area contributed by atoms with Crippen LogP contribution < -0.4 is 19.5 Å². The van der Waals surface area contributed by atoms with E-state index in [1.54, 1.807) is 17.8 Å². The van der Waals surface area contributed by atoms with Crippen molar-refractivity contribution >= 4 is 27.7 Å². The van der Waals surface area contributed by atoms with Crippen LogP contribution in [0.1, 0.15) is 12.0 Å². The molecule has 1 heterocycles. The maximum atomic E-state index is 12.9. The molecule has 3 rings (SSSR count). The highest BCUT2D eigenvalue weighted by Crippen LogP contribution is 2.32. The molecule has 2 aromatic carbocycles. The maximum absolute atomic E-state index is 12.9. The number of hydrogen-bond donors (Lipinski definition) is 2. The van der Waals surface area contributed by atoms with E-state index in [4.69, 9.17) is 9.47 Å². The standard InChI is InChI=1S/C20H24N2O5S2/c1-28-12-9-17(20(23)21-14-15-5-3-2-4-6-15)22-29(24,25)16-7-8-18-19(13-16)27-11-10-26-18/h2-8,13,17,22H,9-12,14H2,1H3,(H,21,23). The lowest BCUT2D eigenvalue weighted by atomic mass is 10.2. The molecule has 7 nitrogen and oxygen atoms in total. The first kappa shape index (κ1) is 21.5. The van der Waals surface area contributed by atoms with Gasteiger partial charge in [0.05, 0.1) is 4.90 Å². The topological polar surface area (TPSA) is 93.7 Å². The summed E-state index contributed by atoms with van der Waals surface area (Å²) in [6.45, 7) is 1.12. The third kappa shape index (κ3) is 5.88. The smallest absolute Gasteiger partial charge is 0.241 e. The number of sulfonamides is 1. The fourth-order valence-corrected chi connectivity index (χ4v) is 4.55. The Morgan fingerprint density at radius 3 is 2.55 bits per heavy atom. The molecule has 0 aliphatic carbocycles. The summed E-state index contributed by atoms with van der Waals surface area (Å²) in [5, 5.41) is 2.81. The van der Waals surface area contributed by atoms with Crippen molar-refractivity contribution < 1.29 is 22.7 Å². The first-order chi connectivity index (χ1) is 14.0. The van der Waals surface area contributed by atoms with Gasteiger partial charge in [-0.1, -0.05) is 30.3 Å². The number of ether oxygens (including phenoxy) is 2. The predicted molar refractivity (Wildman–Crippen MR) is 113 cm³/mol. The van der Waals surface area contributed by atoms with Crippen LogP contribution in [-0.4, -0.2) is 45.6 Å². The third-order valence-electron chi connectivity index (χ3n) is 4.36.